The second kappa shape index (κ2) is 6.21. The van der Waals surface area contributed by atoms with E-state index in [1.165, 1.54) is 0 Å². The van der Waals surface area contributed by atoms with Gasteiger partial charge in [-0.3, -0.25) is 0 Å². The fourth-order valence-electron chi connectivity index (χ4n) is 0.262. The molecular weight excluding hydrogens is 199 g/mol. The first-order chi connectivity index (χ1) is 5.20. The maximum atomic E-state index is 10.2. The highest BCUT2D eigenvalue weighted by molar-refractivity contribution is 6.13. The Morgan fingerprint density at radius 1 is 1.00 bits per heavy atom. The van der Waals surface area contributed by atoms with Crippen molar-refractivity contribution >= 4 is 35.7 Å². The van der Waals surface area contributed by atoms with Crippen LogP contribution in [0.5, 0.6) is 0 Å². The van der Waals surface area contributed by atoms with Crippen molar-refractivity contribution in [3.63, 3.8) is 0 Å². The molecule has 7 heteroatoms. The second-order valence-corrected chi connectivity index (χ2v) is 1.70. The van der Waals surface area contributed by atoms with Gasteiger partial charge in [-0.15, -0.1) is 0 Å². The molecule has 5 nitrogen and oxygen atoms in total. The molecular formula is C4H4Cl2O5. The third-order valence-corrected chi connectivity index (χ3v) is 0.956. The van der Waals surface area contributed by atoms with E-state index in [-0.39, 0.29) is 0 Å². The van der Waals surface area contributed by atoms with Crippen LogP contribution in [0.25, 0.3) is 0 Å². The average molecular weight is 203 g/mol. The number of carbonyl (C=O) groups is 2. The molecule has 0 atom stereocenters. The Morgan fingerprint density at radius 3 is 1.64 bits per heavy atom. The van der Waals surface area contributed by atoms with Crippen molar-refractivity contribution in [1.29, 1.82) is 0 Å². The first-order valence-electron chi connectivity index (χ1n) is 2.41. The predicted molar refractivity (Wildman–Crippen MR) is 34.7 cm³/mol. The normalized spacial score (nSPS) is 8.91. The van der Waals surface area contributed by atoms with Crippen LogP contribution in [-0.2, 0) is 22.9 Å². The van der Waals surface area contributed by atoms with Crippen LogP contribution in [0.1, 0.15) is 0 Å². The molecule has 0 aliphatic carbocycles. The lowest BCUT2D eigenvalue weighted by Crippen LogP contribution is -2.14. The molecule has 0 aliphatic heterocycles. The van der Waals surface area contributed by atoms with Crippen LogP contribution in [0.3, 0.4) is 0 Å². The Bertz CT molecular complexity index is 131. The van der Waals surface area contributed by atoms with Gasteiger partial charge < -0.3 is 13.3 Å². The lowest BCUT2D eigenvalue weighted by atomic mass is 10.7. The van der Waals surface area contributed by atoms with E-state index >= 15 is 0 Å². The highest BCUT2D eigenvalue weighted by Gasteiger charge is 2.05. The van der Waals surface area contributed by atoms with Crippen molar-refractivity contribution in [2.45, 2.75) is 0 Å². The largest absolute Gasteiger partial charge is 0.358 e. The molecule has 0 fully saturated rings. The molecule has 0 unspecified atom stereocenters. The molecule has 64 valence electrons. The van der Waals surface area contributed by atoms with Gasteiger partial charge >= 0.3 is 11.9 Å². The average Bonchev–Trinajstić information content (AvgIpc) is 2.04. The van der Waals surface area contributed by atoms with Gasteiger partial charge in [0, 0.05) is 0 Å². The molecule has 0 aromatic carbocycles. The lowest BCUT2D eigenvalue weighted by molar-refractivity contribution is -0.145. The van der Waals surface area contributed by atoms with Crippen LogP contribution in [0.15, 0.2) is 0 Å². The Balaban J connectivity index is 3.27. The van der Waals surface area contributed by atoms with Gasteiger partial charge in [0.2, 0.25) is 0 Å². The Morgan fingerprint density at radius 2 is 1.36 bits per heavy atom. The minimum atomic E-state index is -0.797. The van der Waals surface area contributed by atoms with Gasteiger partial charge in [0.25, 0.3) is 0 Å². The van der Waals surface area contributed by atoms with Gasteiger partial charge in [0.1, 0.15) is 36.9 Å². The summed E-state index contributed by atoms with van der Waals surface area (Å²) in [5.74, 6) is -1.59. The Labute approximate surface area is 72.4 Å². The summed E-state index contributed by atoms with van der Waals surface area (Å²) in [6, 6.07) is 0. The summed E-state index contributed by atoms with van der Waals surface area (Å²) in [6.45, 7) is -0.842. The molecule has 0 heterocycles. The second-order valence-electron chi connectivity index (χ2n) is 1.39. The first kappa shape index (κ1) is 10.5. The SMILES string of the molecule is O=C(COCC(=O)OCl)OCl. The van der Waals surface area contributed by atoms with Crippen molar-refractivity contribution < 1.29 is 22.9 Å². The van der Waals surface area contributed by atoms with E-state index in [2.05, 4.69) is 37.0 Å². The fraction of sp³-hybridized carbons (Fsp3) is 0.500. The quantitative estimate of drug-likeness (QED) is 0.661. The number of halogens is 2. The van der Waals surface area contributed by atoms with Crippen molar-refractivity contribution in [1.82, 2.24) is 0 Å². The predicted octanol–water partition coefficient (Wildman–Crippen LogP) is 0.397. The van der Waals surface area contributed by atoms with E-state index in [0.29, 0.717) is 0 Å². The maximum Gasteiger partial charge on any atom is 0.350 e. The van der Waals surface area contributed by atoms with Gasteiger partial charge in [0.15, 0.2) is 0 Å². The van der Waals surface area contributed by atoms with Crippen molar-refractivity contribution in [2.24, 2.45) is 0 Å². The summed E-state index contributed by atoms with van der Waals surface area (Å²) in [5, 5.41) is 0. The van der Waals surface area contributed by atoms with E-state index < -0.39 is 25.2 Å². The zero-order valence-electron chi connectivity index (χ0n) is 5.21. The standard InChI is InChI=1S/C4H4Cl2O5/c5-10-3(7)1-9-2-4(8)11-6/h1-2H2. The number of carbonyl (C=O) groups excluding carboxylic acids is 2. The molecule has 0 bridgehead atoms. The highest BCUT2D eigenvalue weighted by Crippen LogP contribution is 1.87. The number of rotatable bonds is 4. The van der Waals surface area contributed by atoms with Crippen LogP contribution >= 0.6 is 23.7 Å². The molecule has 0 saturated carbocycles. The topological polar surface area (TPSA) is 61.8 Å². The van der Waals surface area contributed by atoms with Gasteiger partial charge in [0.05, 0.1) is 0 Å². The molecule has 11 heavy (non-hydrogen) atoms. The Kier molecular flexibility index (Phi) is 5.91. The van der Waals surface area contributed by atoms with Crippen LogP contribution in [-0.4, -0.2) is 25.2 Å². The zero-order valence-corrected chi connectivity index (χ0v) is 6.72. The lowest BCUT2D eigenvalue weighted by Gasteiger charge is -1.96. The van der Waals surface area contributed by atoms with Crippen LogP contribution in [0.2, 0.25) is 0 Å². The van der Waals surface area contributed by atoms with E-state index in [4.69, 9.17) is 0 Å². The first-order valence-corrected chi connectivity index (χ1v) is 3.03. The minimum Gasteiger partial charge on any atom is -0.358 e. The summed E-state index contributed by atoms with van der Waals surface area (Å²) in [6.07, 6.45) is 0. The number of ether oxygens (including phenoxy) is 1. The smallest absolute Gasteiger partial charge is 0.350 e. The minimum absolute atomic E-state index is 0.421. The van der Waals surface area contributed by atoms with Crippen molar-refractivity contribution in [3.05, 3.63) is 0 Å². The van der Waals surface area contributed by atoms with E-state index in [0.717, 1.165) is 0 Å². The molecule has 0 spiro atoms. The molecule has 0 radical (unpaired) electrons. The van der Waals surface area contributed by atoms with Gasteiger partial charge in [-0.1, -0.05) is 0 Å². The summed E-state index contributed by atoms with van der Waals surface area (Å²) >= 11 is 9.26. The van der Waals surface area contributed by atoms with Gasteiger partial charge in [-0.25, -0.2) is 9.59 Å². The summed E-state index contributed by atoms with van der Waals surface area (Å²) < 4.78 is 11.8. The van der Waals surface area contributed by atoms with Gasteiger partial charge in [-0.2, -0.15) is 0 Å². The zero-order chi connectivity index (χ0) is 8.69. The number of hydrogen-bond acceptors (Lipinski definition) is 5. The molecule has 0 amide bonds. The summed E-state index contributed by atoms with van der Waals surface area (Å²) in [5.41, 5.74) is 0. The highest BCUT2D eigenvalue weighted by atomic mass is 35.5. The van der Waals surface area contributed by atoms with Gasteiger partial charge in [-0.05, 0) is 0 Å². The molecule has 0 aromatic rings. The van der Waals surface area contributed by atoms with E-state index in [1.54, 1.807) is 0 Å². The third-order valence-electron chi connectivity index (χ3n) is 0.612. The summed E-state index contributed by atoms with van der Waals surface area (Å²) in [7, 11) is 0. The van der Waals surface area contributed by atoms with E-state index in [1.807, 2.05) is 0 Å². The number of hydrogen-bond donors (Lipinski definition) is 0. The van der Waals surface area contributed by atoms with Crippen LogP contribution in [0, 0.1) is 0 Å². The third kappa shape index (κ3) is 5.90. The fourth-order valence-corrected chi connectivity index (χ4v) is 0.351. The molecule has 0 N–H and O–H groups in total. The van der Waals surface area contributed by atoms with E-state index in [9.17, 15) is 9.59 Å². The molecule has 0 rings (SSSR count). The maximum absolute atomic E-state index is 10.2. The summed E-state index contributed by atoms with van der Waals surface area (Å²) in [4.78, 5) is 20.4. The van der Waals surface area contributed by atoms with Crippen LogP contribution < -0.4 is 0 Å². The molecule has 0 aliphatic rings. The monoisotopic (exact) mass is 202 g/mol. The van der Waals surface area contributed by atoms with Crippen molar-refractivity contribution in [3.8, 4) is 0 Å². The van der Waals surface area contributed by atoms with Crippen molar-refractivity contribution in [2.75, 3.05) is 13.2 Å². The Hall–Kier alpha value is -0.520. The van der Waals surface area contributed by atoms with Crippen LogP contribution in [0.4, 0.5) is 0 Å². The molecule has 0 saturated heterocycles. The molecule has 0 aromatic heterocycles.